The molecule has 0 unspecified atom stereocenters. The third-order valence-corrected chi connectivity index (χ3v) is 2.92. The highest BCUT2D eigenvalue weighted by Gasteiger charge is 2.07. The van der Waals surface area contributed by atoms with Crippen molar-refractivity contribution in [3.05, 3.63) is 29.3 Å². The van der Waals surface area contributed by atoms with Gasteiger partial charge in [-0.15, -0.1) is 0 Å². The molecule has 0 amide bonds. The van der Waals surface area contributed by atoms with E-state index in [0.717, 1.165) is 25.3 Å². The van der Waals surface area contributed by atoms with Crippen molar-refractivity contribution in [3.8, 4) is 5.75 Å². The number of nitrogens with one attached hydrogen (secondary N) is 1. The molecule has 0 aromatic heterocycles. The summed E-state index contributed by atoms with van der Waals surface area (Å²) in [6, 6.07) is 7.03. The second-order valence-corrected chi connectivity index (χ2v) is 5.51. The number of aryl methyl sites for hydroxylation is 1. The summed E-state index contributed by atoms with van der Waals surface area (Å²) in [6.07, 6.45) is 1.05. The van der Waals surface area contributed by atoms with Gasteiger partial charge in [-0.3, -0.25) is 0 Å². The van der Waals surface area contributed by atoms with Gasteiger partial charge < -0.3 is 10.1 Å². The molecular weight excluding hydrogens is 222 g/mol. The highest BCUT2D eigenvalue weighted by molar-refractivity contribution is 5.39. The topological polar surface area (TPSA) is 21.3 Å². The molecule has 1 N–H and O–H groups in total. The van der Waals surface area contributed by atoms with Crippen molar-refractivity contribution in [3.63, 3.8) is 0 Å². The van der Waals surface area contributed by atoms with E-state index in [9.17, 15) is 0 Å². The molecule has 102 valence electrons. The van der Waals surface area contributed by atoms with Crippen molar-refractivity contribution in [1.82, 2.24) is 5.32 Å². The maximum Gasteiger partial charge on any atom is 0.122 e. The van der Waals surface area contributed by atoms with Gasteiger partial charge in [0.2, 0.25) is 0 Å². The highest BCUT2D eigenvalue weighted by atomic mass is 16.5. The summed E-state index contributed by atoms with van der Waals surface area (Å²) >= 11 is 0. The fourth-order valence-electron chi connectivity index (χ4n) is 1.89. The average molecular weight is 249 g/mol. The Morgan fingerprint density at radius 2 is 1.89 bits per heavy atom. The molecule has 0 saturated carbocycles. The predicted molar refractivity (Wildman–Crippen MR) is 78.5 cm³/mol. The van der Waals surface area contributed by atoms with E-state index in [2.05, 4.69) is 58.1 Å². The summed E-state index contributed by atoms with van der Waals surface area (Å²) < 4.78 is 5.92. The molecule has 2 nitrogen and oxygen atoms in total. The van der Waals surface area contributed by atoms with E-state index in [0.29, 0.717) is 12.0 Å². The van der Waals surface area contributed by atoms with Crippen LogP contribution in [0.25, 0.3) is 0 Å². The third-order valence-electron chi connectivity index (χ3n) is 2.92. The van der Waals surface area contributed by atoms with E-state index in [1.165, 1.54) is 11.1 Å². The zero-order valence-corrected chi connectivity index (χ0v) is 12.4. The van der Waals surface area contributed by atoms with Gasteiger partial charge in [-0.1, -0.05) is 39.8 Å². The Morgan fingerprint density at radius 1 is 1.17 bits per heavy atom. The van der Waals surface area contributed by atoms with Crippen molar-refractivity contribution in [1.29, 1.82) is 0 Å². The fraction of sp³-hybridized carbons (Fsp3) is 0.625. The Morgan fingerprint density at radius 3 is 2.50 bits per heavy atom. The fourth-order valence-corrected chi connectivity index (χ4v) is 1.89. The molecule has 0 aliphatic rings. The largest absolute Gasteiger partial charge is 0.493 e. The third kappa shape index (κ3) is 5.09. The van der Waals surface area contributed by atoms with Gasteiger partial charge in [0.1, 0.15) is 5.75 Å². The van der Waals surface area contributed by atoms with Gasteiger partial charge in [-0.05, 0) is 43.0 Å². The summed E-state index contributed by atoms with van der Waals surface area (Å²) in [5, 5.41) is 3.40. The van der Waals surface area contributed by atoms with Crippen LogP contribution in [0, 0.1) is 6.92 Å². The monoisotopic (exact) mass is 249 g/mol. The van der Waals surface area contributed by atoms with Crippen LogP contribution in [0.1, 0.15) is 51.2 Å². The molecule has 0 aliphatic carbocycles. The molecule has 1 rings (SSSR count). The molecular formula is C16H27NO. The molecule has 0 spiro atoms. The first-order valence-electron chi connectivity index (χ1n) is 6.97. The van der Waals surface area contributed by atoms with Crippen molar-refractivity contribution in [2.45, 2.75) is 53.0 Å². The van der Waals surface area contributed by atoms with Crippen LogP contribution in [-0.4, -0.2) is 19.2 Å². The maximum absolute atomic E-state index is 5.92. The van der Waals surface area contributed by atoms with Gasteiger partial charge in [0, 0.05) is 6.04 Å². The Hall–Kier alpha value is -1.02. The molecule has 0 bridgehead atoms. The lowest BCUT2D eigenvalue weighted by molar-refractivity contribution is 0.302. The summed E-state index contributed by atoms with van der Waals surface area (Å²) in [5.74, 6) is 1.56. The first-order valence-corrected chi connectivity index (χ1v) is 6.97. The van der Waals surface area contributed by atoms with Crippen LogP contribution in [0.2, 0.25) is 0 Å². The van der Waals surface area contributed by atoms with Crippen molar-refractivity contribution in [2.24, 2.45) is 0 Å². The molecule has 2 heteroatoms. The van der Waals surface area contributed by atoms with Crippen LogP contribution < -0.4 is 10.1 Å². The van der Waals surface area contributed by atoms with Crippen LogP contribution in [0.15, 0.2) is 18.2 Å². The lowest BCUT2D eigenvalue weighted by Crippen LogP contribution is -2.24. The minimum Gasteiger partial charge on any atom is -0.493 e. The lowest BCUT2D eigenvalue weighted by atomic mass is 10.0. The quantitative estimate of drug-likeness (QED) is 0.740. The van der Waals surface area contributed by atoms with Crippen LogP contribution in [-0.2, 0) is 0 Å². The number of benzene rings is 1. The molecule has 0 atom stereocenters. The zero-order valence-electron chi connectivity index (χ0n) is 12.4. The van der Waals surface area contributed by atoms with E-state index in [1.807, 2.05) is 0 Å². The van der Waals surface area contributed by atoms with E-state index in [1.54, 1.807) is 0 Å². The summed E-state index contributed by atoms with van der Waals surface area (Å²) in [7, 11) is 0. The van der Waals surface area contributed by atoms with Crippen molar-refractivity contribution >= 4 is 0 Å². The van der Waals surface area contributed by atoms with E-state index >= 15 is 0 Å². The van der Waals surface area contributed by atoms with E-state index < -0.39 is 0 Å². The van der Waals surface area contributed by atoms with Crippen molar-refractivity contribution in [2.75, 3.05) is 13.2 Å². The lowest BCUT2D eigenvalue weighted by Gasteiger charge is -2.15. The minimum atomic E-state index is 0.509. The van der Waals surface area contributed by atoms with Gasteiger partial charge in [0.25, 0.3) is 0 Å². The zero-order chi connectivity index (χ0) is 13.5. The average Bonchev–Trinajstić information content (AvgIpc) is 2.27. The van der Waals surface area contributed by atoms with Crippen molar-refractivity contribution < 1.29 is 4.74 Å². The molecule has 1 aromatic rings. The first kappa shape index (κ1) is 15.0. The van der Waals surface area contributed by atoms with Gasteiger partial charge in [0.15, 0.2) is 0 Å². The standard InChI is InChI=1S/C16H27NO/c1-12(2)15-8-7-14(5)11-16(15)18-10-6-9-17-13(3)4/h7-8,11-13,17H,6,9-10H2,1-5H3. The van der Waals surface area contributed by atoms with Gasteiger partial charge in [-0.25, -0.2) is 0 Å². The Bertz CT molecular complexity index is 358. The summed E-state index contributed by atoms with van der Waals surface area (Å²) in [4.78, 5) is 0. The molecule has 1 aromatic carbocycles. The number of hydrogen-bond acceptors (Lipinski definition) is 2. The molecule has 0 heterocycles. The van der Waals surface area contributed by atoms with Gasteiger partial charge in [-0.2, -0.15) is 0 Å². The second-order valence-electron chi connectivity index (χ2n) is 5.51. The predicted octanol–water partition coefficient (Wildman–Crippen LogP) is 3.89. The Kier molecular flexibility index (Phi) is 6.20. The highest BCUT2D eigenvalue weighted by Crippen LogP contribution is 2.27. The molecule has 0 saturated heterocycles. The SMILES string of the molecule is Cc1ccc(C(C)C)c(OCCCNC(C)C)c1. The summed E-state index contributed by atoms with van der Waals surface area (Å²) in [6.45, 7) is 12.6. The smallest absolute Gasteiger partial charge is 0.122 e. The van der Waals surface area contributed by atoms with Crippen LogP contribution in [0.4, 0.5) is 0 Å². The maximum atomic E-state index is 5.92. The molecule has 0 fully saturated rings. The number of rotatable bonds is 7. The normalized spacial score (nSPS) is 11.3. The Labute approximate surface area is 112 Å². The van der Waals surface area contributed by atoms with E-state index in [-0.39, 0.29) is 0 Å². The molecule has 18 heavy (non-hydrogen) atoms. The number of hydrogen-bond donors (Lipinski definition) is 1. The van der Waals surface area contributed by atoms with Crippen LogP contribution >= 0.6 is 0 Å². The minimum absolute atomic E-state index is 0.509. The van der Waals surface area contributed by atoms with Gasteiger partial charge in [0.05, 0.1) is 6.61 Å². The Balaban J connectivity index is 2.48. The van der Waals surface area contributed by atoms with Crippen LogP contribution in [0.3, 0.4) is 0 Å². The van der Waals surface area contributed by atoms with Crippen LogP contribution in [0.5, 0.6) is 5.75 Å². The molecule has 0 aliphatic heterocycles. The second kappa shape index (κ2) is 7.42. The summed E-state index contributed by atoms with van der Waals surface area (Å²) in [5.41, 5.74) is 2.56. The van der Waals surface area contributed by atoms with E-state index in [4.69, 9.17) is 4.74 Å². The van der Waals surface area contributed by atoms with Gasteiger partial charge >= 0.3 is 0 Å². The number of ether oxygens (including phenoxy) is 1. The first-order chi connectivity index (χ1) is 8.50. The molecule has 0 radical (unpaired) electrons.